The summed E-state index contributed by atoms with van der Waals surface area (Å²) < 4.78 is 13.9. The van der Waals surface area contributed by atoms with Crippen molar-refractivity contribution in [1.29, 1.82) is 0 Å². The number of aryl methyl sites for hydroxylation is 1. The number of carbonyl (C=O) groups is 1. The summed E-state index contributed by atoms with van der Waals surface area (Å²) in [4.78, 5) is 22.0. The van der Waals surface area contributed by atoms with Crippen LogP contribution < -0.4 is 10.2 Å². The van der Waals surface area contributed by atoms with Crippen molar-refractivity contribution < 1.29 is 9.18 Å². The Morgan fingerprint density at radius 2 is 2.21 bits per heavy atom. The number of aromatic nitrogens is 2. The van der Waals surface area contributed by atoms with Gasteiger partial charge in [0.1, 0.15) is 5.82 Å². The van der Waals surface area contributed by atoms with Gasteiger partial charge < -0.3 is 10.2 Å². The molecule has 126 valence electrons. The first-order valence-corrected chi connectivity index (χ1v) is 8.12. The van der Waals surface area contributed by atoms with Crippen molar-refractivity contribution in [2.24, 2.45) is 5.92 Å². The van der Waals surface area contributed by atoms with Crippen LogP contribution >= 0.6 is 0 Å². The number of hydrogen-bond acceptors (Lipinski definition) is 5. The number of nitrogens with zero attached hydrogens (tertiary/aromatic N) is 3. The summed E-state index contributed by atoms with van der Waals surface area (Å²) in [6.45, 7) is 5.69. The van der Waals surface area contributed by atoms with Crippen LogP contribution in [0.25, 0.3) is 0 Å². The second-order valence-electron chi connectivity index (χ2n) is 6.18. The molecule has 0 spiro atoms. The molecule has 0 aliphatic carbocycles. The van der Waals surface area contributed by atoms with Crippen LogP contribution in [0.3, 0.4) is 0 Å². The quantitative estimate of drug-likeness (QED) is 0.855. The van der Waals surface area contributed by atoms with Crippen LogP contribution in [0.2, 0.25) is 0 Å². The van der Waals surface area contributed by atoms with E-state index in [9.17, 15) is 9.18 Å². The molecule has 1 saturated heterocycles. The summed E-state index contributed by atoms with van der Waals surface area (Å²) in [6.07, 6.45) is 2.55. The van der Waals surface area contributed by atoms with Crippen LogP contribution in [0.4, 0.5) is 16.0 Å². The molecule has 5 nitrogen and oxygen atoms in total. The number of benzene rings is 1. The zero-order valence-corrected chi connectivity index (χ0v) is 13.9. The van der Waals surface area contributed by atoms with Crippen LogP contribution in [0.15, 0.2) is 30.5 Å². The van der Waals surface area contributed by atoms with E-state index in [1.54, 1.807) is 19.2 Å². The molecular weight excluding hydrogens is 307 g/mol. The van der Waals surface area contributed by atoms with Crippen LogP contribution in [0.5, 0.6) is 0 Å². The number of anilines is 2. The van der Waals surface area contributed by atoms with Crippen molar-refractivity contribution in [2.45, 2.75) is 20.3 Å². The van der Waals surface area contributed by atoms with Crippen LogP contribution in [0.1, 0.15) is 29.4 Å². The molecule has 0 amide bonds. The summed E-state index contributed by atoms with van der Waals surface area (Å²) in [6, 6.07) is 6.88. The number of rotatable bonds is 5. The van der Waals surface area contributed by atoms with Crippen molar-refractivity contribution in [3.8, 4) is 0 Å². The normalized spacial score (nSPS) is 17.1. The van der Waals surface area contributed by atoms with E-state index >= 15 is 0 Å². The number of carbonyl (C=O) groups excluding carboxylic acids is 1. The average molecular weight is 328 g/mol. The van der Waals surface area contributed by atoms with Gasteiger partial charge in [-0.3, -0.25) is 4.79 Å². The molecule has 1 aliphatic rings. The third-order valence-electron chi connectivity index (χ3n) is 4.39. The van der Waals surface area contributed by atoms with Gasteiger partial charge >= 0.3 is 0 Å². The predicted octanol–water partition coefficient (Wildman–Crippen LogP) is 3.07. The van der Waals surface area contributed by atoms with Gasteiger partial charge in [-0.05, 0) is 38.3 Å². The molecule has 1 aromatic heterocycles. The molecule has 6 heteroatoms. The van der Waals surface area contributed by atoms with E-state index in [0.717, 1.165) is 26.1 Å². The van der Waals surface area contributed by atoms with Gasteiger partial charge in [0.15, 0.2) is 5.78 Å². The Hall–Kier alpha value is -2.50. The van der Waals surface area contributed by atoms with Gasteiger partial charge in [-0.2, -0.15) is 0 Å². The zero-order valence-electron chi connectivity index (χ0n) is 13.9. The highest BCUT2D eigenvalue weighted by atomic mass is 19.1. The lowest BCUT2D eigenvalue weighted by molar-refractivity contribution is 0.101. The lowest BCUT2D eigenvalue weighted by Gasteiger charge is -2.19. The van der Waals surface area contributed by atoms with Crippen molar-refractivity contribution in [1.82, 2.24) is 9.97 Å². The first-order valence-electron chi connectivity index (χ1n) is 8.12. The van der Waals surface area contributed by atoms with Crippen molar-refractivity contribution in [2.75, 3.05) is 29.9 Å². The van der Waals surface area contributed by atoms with E-state index in [-0.39, 0.29) is 11.6 Å². The fraction of sp³-hybridized carbons (Fsp3) is 0.389. The van der Waals surface area contributed by atoms with Crippen molar-refractivity contribution in [3.05, 3.63) is 47.5 Å². The average Bonchev–Trinajstić information content (AvgIpc) is 3.02. The van der Waals surface area contributed by atoms with Gasteiger partial charge in [-0.25, -0.2) is 14.4 Å². The topological polar surface area (TPSA) is 58.1 Å². The largest absolute Gasteiger partial charge is 0.369 e. The molecule has 2 aromatic rings. The molecule has 0 bridgehead atoms. The zero-order chi connectivity index (χ0) is 17.1. The molecule has 0 saturated carbocycles. The first-order chi connectivity index (χ1) is 11.5. The van der Waals surface area contributed by atoms with E-state index in [0.29, 0.717) is 28.8 Å². The third kappa shape index (κ3) is 3.53. The van der Waals surface area contributed by atoms with Crippen LogP contribution in [-0.2, 0) is 0 Å². The van der Waals surface area contributed by atoms with Crippen LogP contribution in [0, 0.1) is 18.7 Å². The first kappa shape index (κ1) is 16.4. The maximum absolute atomic E-state index is 13.9. The Kier molecular flexibility index (Phi) is 4.74. The number of ketones is 1. The van der Waals surface area contributed by atoms with Crippen molar-refractivity contribution in [3.63, 3.8) is 0 Å². The molecule has 0 radical (unpaired) electrons. The smallest absolute Gasteiger partial charge is 0.222 e. The van der Waals surface area contributed by atoms with E-state index < -0.39 is 0 Å². The summed E-state index contributed by atoms with van der Waals surface area (Å²) in [5, 5.41) is 3.23. The second kappa shape index (κ2) is 6.95. The van der Waals surface area contributed by atoms with Gasteiger partial charge in [-0.1, -0.05) is 12.1 Å². The molecule has 24 heavy (non-hydrogen) atoms. The summed E-state index contributed by atoms with van der Waals surface area (Å²) in [7, 11) is 0. The molecule has 1 N–H and O–H groups in total. The van der Waals surface area contributed by atoms with E-state index in [1.165, 1.54) is 13.0 Å². The highest BCUT2D eigenvalue weighted by Crippen LogP contribution is 2.26. The highest BCUT2D eigenvalue weighted by Gasteiger charge is 2.24. The lowest BCUT2D eigenvalue weighted by atomic mass is 10.1. The molecule has 1 aliphatic heterocycles. The van der Waals surface area contributed by atoms with E-state index in [2.05, 4.69) is 20.2 Å². The minimum Gasteiger partial charge on any atom is -0.369 e. The number of halogens is 1. The maximum atomic E-state index is 13.9. The van der Waals surface area contributed by atoms with Crippen LogP contribution in [-0.4, -0.2) is 35.4 Å². The summed E-state index contributed by atoms with van der Waals surface area (Å²) in [5.74, 6) is 0.725. The van der Waals surface area contributed by atoms with Gasteiger partial charge in [-0.15, -0.1) is 0 Å². The number of hydrogen-bond donors (Lipinski definition) is 1. The molecule has 1 unspecified atom stereocenters. The standard InChI is InChI=1S/C18H21FN4O/c1-12-15(13(2)24)10-21-18(22-12)20-9-14-7-8-23(11-14)17-6-4-3-5-16(17)19/h3-6,10,14H,7-9,11H2,1-2H3,(H,20,21,22). The molecule has 1 fully saturated rings. The van der Waals surface area contributed by atoms with Crippen molar-refractivity contribution >= 4 is 17.4 Å². The fourth-order valence-corrected chi connectivity index (χ4v) is 3.06. The molecule has 3 rings (SSSR count). The third-order valence-corrected chi connectivity index (χ3v) is 4.39. The SMILES string of the molecule is CC(=O)c1cnc(NCC2CCN(c3ccccc3F)C2)nc1C. The molecule has 1 atom stereocenters. The Bertz CT molecular complexity index is 750. The van der Waals surface area contributed by atoms with Gasteiger partial charge in [0.05, 0.1) is 16.9 Å². The monoisotopic (exact) mass is 328 g/mol. The van der Waals surface area contributed by atoms with Gasteiger partial charge in [0.25, 0.3) is 0 Å². The summed E-state index contributed by atoms with van der Waals surface area (Å²) in [5.41, 5.74) is 1.89. The Morgan fingerprint density at radius 3 is 2.92 bits per heavy atom. The summed E-state index contributed by atoms with van der Waals surface area (Å²) >= 11 is 0. The molecular formula is C18H21FN4O. The molecule has 1 aromatic carbocycles. The fourth-order valence-electron chi connectivity index (χ4n) is 3.06. The lowest BCUT2D eigenvalue weighted by Crippen LogP contribution is -2.23. The minimum atomic E-state index is -0.176. The predicted molar refractivity (Wildman–Crippen MR) is 92.0 cm³/mol. The van der Waals surface area contributed by atoms with E-state index in [4.69, 9.17) is 0 Å². The van der Waals surface area contributed by atoms with E-state index in [1.807, 2.05) is 12.1 Å². The minimum absolute atomic E-state index is 0.0321. The second-order valence-corrected chi connectivity index (χ2v) is 6.18. The number of Topliss-reactive ketones (excluding diaryl/α,β-unsaturated/α-hetero) is 1. The Balaban J connectivity index is 1.58. The number of nitrogens with one attached hydrogen (secondary N) is 1. The Labute approximate surface area is 140 Å². The van der Waals surface area contributed by atoms with Gasteiger partial charge in [0, 0.05) is 25.8 Å². The van der Waals surface area contributed by atoms with Gasteiger partial charge in [0.2, 0.25) is 5.95 Å². The number of para-hydroxylation sites is 1. The highest BCUT2D eigenvalue weighted by molar-refractivity contribution is 5.94. The maximum Gasteiger partial charge on any atom is 0.222 e. The Morgan fingerprint density at radius 1 is 1.42 bits per heavy atom. The molecule has 2 heterocycles.